The van der Waals surface area contributed by atoms with E-state index in [0.717, 1.165) is 25.7 Å². The van der Waals surface area contributed by atoms with Gasteiger partial charge in [0.25, 0.3) is 0 Å². The maximum atomic E-state index is 13.2. The highest BCUT2D eigenvalue weighted by molar-refractivity contribution is 7.92. The second-order valence-corrected chi connectivity index (χ2v) is 16.8. The van der Waals surface area contributed by atoms with Crippen LogP contribution in [0.2, 0.25) is 0 Å². The summed E-state index contributed by atoms with van der Waals surface area (Å²) in [6.07, 6.45) is 6.17. The number of sulfone groups is 1. The van der Waals surface area contributed by atoms with Crippen molar-refractivity contribution in [2.24, 2.45) is 23.7 Å². The summed E-state index contributed by atoms with van der Waals surface area (Å²) in [6.45, 7) is 16.0. The topological polar surface area (TPSA) is 133 Å². The maximum Gasteiger partial charge on any atom is 0.224 e. The van der Waals surface area contributed by atoms with E-state index in [1.807, 2.05) is 13.8 Å². The second-order valence-electron chi connectivity index (χ2n) is 13.4. The van der Waals surface area contributed by atoms with Crippen molar-refractivity contribution in [1.29, 1.82) is 0 Å². The van der Waals surface area contributed by atoms with Crippen LogP contribution in [0.1, 0.15) is 99.8 Å². The van der Waals surface area contributed by atoms with Gasteiger partial charge >= 0.3 is 0 Å². The van der Waals surface area contributed by atoms with Crippen molar-refractivity contribution in [1.82, 2.24) is 10.6 Å². The molecule has 0 heterocycles. The third-order valence-electron chi connectivity index (χ3n) is 7.83. The van der Waals surface area contributed by atoms with Crippen LogP contribution >= 0.6 is 11.6 Å². The SMILES string of the molecule is C=C(/C=C(\C)Cl)C[C@H](CS(=O)(=O)C(C)(C)C)C(=O)NC[C@@H](C)C(=O)N[C@@H](CC1CCCCC1)[C@@H](O)[C@@H](O)CC(C)C. The molecule has 0 radical (unpaired) electrons. The zero-order valence-electron chi connectivity index (χ0n) is 26.2. The Bertz CT molecular complexity index is 995. The van der Waals surface area contributed by atoms with Gasteiger partial charge < -0.3 is 20.8 Å². The number of amides is 2. The van der Waals surface area contributed by atoms with Gasteiger partial charge in [-0.25, -0.2) is 8.42 Å². The fourth-order valence-electron chi connectivity index (χ4n) is 5.17. The monoisotopic (exact) mass is 618 g/mol. The van der Waals surface area contributed by atoms with E-state index in [4.69, 9.17) is 11.6 Å². The number of halogens is 1. The van der Waals surface area contributed by atoms with Crippen molar-refractivity contribution in [3.05, 3.63) is 23.3 Å². The fourth-order valence-corrected chi connectivity index (χ4v) is 6.62. The van der Waals surface area contributed by atoms with Crippen LogP contribution in [0.25, 0.3) is 0 Å². The van der Waals surface area contributed by atoms with Gasteiger partial charge in [-0.05, 0) is 64.9 Å². The molecule has 0 aliphatic heterocycles. The normalized spacial score (nSPS) is 19.2. The van der Waals surface area contributed by atoms with Gasteiger partial charge in [0.1, 0.15) is 6.10 Å². The third kappa shape index (κ3) is 13.6. The van der Waals surface area contributed by atoms with Crippen LogP contribution in [0.4, 0.5) is 0 Å². The molecular formula is C31H55ClN2O6S. The number of aliphatic hydroxyl groups excluding tert-OH is 2. The Morgan fingerprint density at radius 1 is 1.07 bits per heavy atom. The van der Waals surface area contributed by atoms with Crippen LogP contribution < -0.4 is 10.6 Å². The first-order valence-electron chi connectivity index (χ1n) is 15.0. The molecule has 0 bridgehead atoms. The number of aliphatic hydroxyl groups is 2. The second kappa shape index (κ2) is 17.0. The molecule has 2 amide bonds. The molecule has 1 aliphatic rings. The Balaban J connectivity index is 2.96. The number of carbonyl (C=O) groups excluding carboxylic acids is 2. The van der Waals surface area contributed by atoms with Crippen LogP contribution in [0.15, 0.2) is 23.3 Å². The molecule has 5 atom stereocenters. The van der Waals surface area contributed by atoms with E-state index < -0.39 is 50.6 Å². The number of allylic oxidation sites excluding steroid dienone is 3. The van der Waals surface area contributed by atoms with Crippen molar-refractivity contribution in [2.75, 3.05) is 12.3 Å². The number of rotatable bonds is 16. The summed E-state index contributed by atoms with van der Waals surface area (Å²) in [5.74, 6) is -2.17. The molecule has 1 fully saturated rings. The van der Waals surface area contributed by atoms with E-state index in [1.54, 1.807) is 40.7 Å². The Kier molecular flexibility index (Phi) is 15.6. The first-order valence-corrected chi connectivity index (χ1v) is 17.0. The molecule has 8 nitrogen and oxygen atoms in total. The minimum absolute atomic E-state index is 0.00558. The summed E-state index contributed by atoms with van der Waals surface area (Å²) < 4.78 is 24.8. The van der Waals surface area contributed by atoms with E-state index in [2.05, 4.69) is 17.2 Å². The van der Waals surface area contributed by atoms with Crippen LogP contribution in [-0.2, 0) is 19.4 Å². The summed E-state index contributed by atoms with van der Waals surface area (Å²) in [5.41, 5.74) is 0.534. The zero-order valence-corrected chi connectivity index (χ0v) is 27.8. The van der Waals surface area contributed by atoms with Crippen molar-refractivity contribution in [3.63, 3.8) is 0 Å². The average Bonchev–Trinajstić information content (AvgIpc) is 2.84. The predicted octanol–water partition coefficient (Wildman–Crippen LogP) is 4.88. The van der Waals surface area contributed by atoms with Crippen molar-refractivity contribution < 1.29 is 28.2 Å². The summed E-state index contributed by atoms with van der Waals surface area (Å²) in [5, 5.41) is 27.8. The first-order chi connectivity index (χ1) is 18.8. The number of nitrogens with one attached hydrogen (secondary N) is 2. The summed E-state index contributed by atoms with van der Waals surface area (Å²) in [6, 6.07) is -0.601. The van der Waals surface area contributed by atoms with Gasteiger partial charge in [0.05, 0.1) is 34.5 Å². The summed E-state index contributed by atoms with van der Waals surface area (Å²) in [7, 11) is -3.61. The minimum atomic E-state index is -3.61. The predicted molar refractivity (Wildman–Crippen MR) is 167 cm³/mol. The quantitative estimate of drug-likeness (QED) is 0.182. The van der Waals surface area contributed by atoms with Gasteiger partial charge in [0, 0.05) is 11.6 Å². The lowest BCUT2D eigenvalue weighted by molar-refractivity contribution is -0.128. The molecule has 238 valence electrons. The first kappa shape index (κ1) is 37.6. The lowest BCUT2D eigenvalue weighted by Crippen LogP contribution is -2.52. The minimum Gasteiger partial charge on any atom is -0.390 e. The maximum absolute atomic E-state index is 13.2. The van der Waals surface area contributed by atoms with Gasteiger partial charge in [-0.1, -0.05) is 76.6 Å². The molecular weight excluding hydrogens is 564 g/mol. The standard InChI is InChI=1S/C31H55ClN2O6S/c1-20(2)14-27(35)28(36)26(17-24-12-10-9-11-13-24)34-29(37)22(4)18-33-30(38)25(16-21(3)15-23(5)32)19-41(39,40)31(6,7)8/h15,20,22,24-28,35-36H,3,9-14,16-19H2,1-2,4-8H3,(H,33,38)(H,34,37)/b23-15+/t22-,25-,26+,27+,28-/m1/s1. The Hall–Kier alpha value is -1.42. The van der Waals surface area contributed by atoms with Crippen LogP contribution in [0, 0.1) is 23.7 Å². The molecule has 1 saturated carbocycles. The highest BCUT2D eigenvalue weighted by Gasteiger charge is 2.35. The Labute approximate surface area is 253 Å². The lowest BCUT2D eigenvalue weighted by Gasteiger charge is -2.33. The molecule has 0 aromatic heterocycles. The van der Waals surface area contributed by atoms with Gasteiger partial charge in [-0.3, -0.25) is 9.59 Å². The van der Waals surface area contributed by atoms with E-state index in [1.165, 1.54) is 6.42 Å². The Morgan fingerprint density at radius 2 is 1.66 bits per heavy atom. The summed E-state index contributed by atoms with van der Waals surface area (Å²) in [4.78, 5) is 26.4. The summed E-state index contributed by atoms with van der Waals surface area (Å²) >= 11 is 5.95. The highest BCUT2D eigenvalue weighted by Crippen LogP contribution is 2.29. The molecule has 0 aromatic carbocycles. The lowest BCUT2D eigenvalue weighted by atomic mass is 9.82. The molecule has 1 rings (SSSR count). The van der Waals surface area contributed by atoms with Crippen molar-refractivity contribution in [3.8, 4) is 0 Å². The third-order valence-corrected chi connectivity index (χ3v) is 10.6. The van der Waals surface area contributed by atoms with Crippen molar-refractivity contribution in [2.45, 2.75) is 123 Å². The van der Waals surface area contributed by atoms with E-state index in [9.17, 15) is 28.2 Å². The molecule has 4 N–H and O–H groups in total. The van der Waals surface area contributed by atoms with Crippen LogP contribution in [0.5, 0.6) is 0 Å². The number of carbonyl (C=O) groups is 2. The van der Waals surface area contributed by atoms with E-state index >= 15 is 0 Å². The van der Waals surface area contributed by atoms with E-state index in [-0.39, 0.29) is 30.5 Å². The van der Waals surface area contributed by atoms with E-state index in [0.29, 0.717) is 29.4 Å². The highest BCUT2D eigenvalue weighted by atomic mass is 35.5. The number of hydrogen-bond donors (Lipinski definition) is 4. The van der Waals surface area contributed by atoms with Gasteiger partial charge in [-0.15, -0.1) is 0 Å². The van der Waals surface area contributed by atoms with Gasteiger partial charge in [-0.2, -0.15) is 0 Å². The van der Waals surface area contributed by atoms with Crippen LogP contribution in [0.3, 0.4) is 0 Å². The molecule has 1 aliphatic carbocycles. The fraction of sp³-hybridized carbons (Fsp3) is 0.806. The zero-order chi connectivity index (χ0) is 31.5. The van der Waals surface area contributed by atoms with Gasteiger partial charge in [0.2, 0.25) is 11.8 Å². The Morgan fingerprint density at radius 3 is 2.17 bits per heavy atom. The van der Waals surface area contributed by atoms with Crippen molar-refractivity contribution >= 4 is 33.3 Å². The molecule has 10 heteroatoms. The smallest absolute Gasteiger partial charge is 0.224 e. The largest absolute Gasteiger partial charge is 0.390 e. The molecule has 41 heavy (non-hydrogen) atoms. The van der Waals surface area contributed by atoms with Gasteiger partial charge in [0.15, 0.2) is 9.84 Å². The molecule has 0 unspecified atom stereocenters. The molecule has 0 spiro atoms. The molecule has 0 saturated heterocycles. The average molecular weight is 619 g/mol. The number of hydrogen-bond acceptors (Lipinski definition) is 6. The van der Waals surface area contributed by atoms with Crippen LogP contribution in [-0.4, -0.2) is 65.7 Å². The molecule has 0 aromatic rings.